The maximum Gasteiger partial charge on any atom is 0.251 e. The summed E-state index contributed by atoms with van der Waals surface area (Å²) in [6.07, 6.45) is 7.27. The van der Waals surface area contributed by atoms with E-state index >= 15 is 0 Å². The molecule has 4 atom stereocenters. The zero-order valence-corrected chi connectivity index (χ0v) is 13.7. The number of nitrogens with zero attached hydrogens (tertiary/aromatic N) is 5. The van der Waals surface area contributed by atoms with Crippen LogP contribution in [0.1, 0.15) is 25.7 Å². The van der Waals surface area contributed by atoms with Gasteiger partial charge in [-0.25, -0.2) is 4.98 Å². The van der Waals surface area contributed by atoms with Gasteiger partial charge in [0.05, 0.1) is 6.54 Å². The van der Waals surface area contributed by atoms with E-state index in [1.54, 1.807) is 12.7 Å². The summed E-state index contributed by atoms with van der Waals surface area (Å²) in [6, 6.07) is 1.06. The summed E-state index contributed by atoms with van der Waals surface area (Å²) in [4.78, 5) is 21.1. The van der Waals surface area contributed by atoms with Crippen LogP contribution in [-0.4, -0.2) is 75.4 Å². The van der Waals surface area contributed by atoms with Gasteiger partial charge in [0, 0.05) is 31.8 Å². The summed E-state index contributed by atoms with van der Waals surface area (Å²) >= 11 is 0. The van der Waals surface area contributed by atoms with E-state index in [1.807, 2.05) is 9.58 Å². The van der Waals surface area contributed by atoms with Crippen molar-refractivity contribution in [3.05, 3.63) is 12.7 Å². The molecule has 0 spiro atoms. The molecule has 3 saturated heterocycles. The zero-order chi connectivity index (χ0) is 15.8. The lowest BCUT2D eigenvalue weighted by atomic mass is 9.91. The Bertz CT molecular complexity index is 543. The molecule has 3 aliphatic rings. The highest BCUT2D eigenvalue weighted by molar-refractivity contribution is 5.81. The van der Waals surface area contributed by atoms with E-state index in [9.17, 15) is 4.79 Å². The highest BCUT2D eigenvalue weighted by Gasteiger charge is 2.44. The molecule has 4 heterocycles. The van der Waals surface area contributed by atoms with E-state index in [-0.39, 0.29) is 12.0 Å². The number of piperidine rings is 1. The molecule has 0 aromatic carbocycles. The Hall–Kier alpha value is -1.47. The van der Waals surface area contributed by atoms with Gasteiger partial charge in [-0.05, 0) is 38.6 Å². The Labute approximate surface area is 136 Å². The first-order valence-corrected chi connectivity index (χ1v) is 8.67. The fourth-order valence-electron chi connectivity index (χ4n) is 4.50. The van der Waals surface area contributed by atoms with Crippen molar-refractivity contribution >= 4 is 5.91 Å². The Morgan fingerprint density at radius 1 is 1.39 bits per heavy atom. The molecule has 1 aromatic rings. The molecule has 4 rings (SSSR count). The number of carbonyl (C=O) groups excluding carboxylic acids is 1. The van der Waals surface area contributed by atoms with Crippen molar-refractivity contribution in [1.29, 1.82) is 0 Å². The minimum absolute atomic E-state index is 0.184. The maximum absolute atomic E-state index is 12.6. The number of fused-ring (bicyclic) bond motifs is 1. The predicted molar refractivity (Wildman–Crippen MR) is 83.6 cm³/mol. The monoisotopic (exact) mass is 319 g/mol. The molecule has 3 aliphatic heterocycles. The zero-order valence-electron chi connectivity index (χ0n) is 13.7. The summed E-state index contributed by atoms with van der Waals surface area (Å²) in [5.41, 5.74) is 0. The van der Waals surface area contributed by atoms with Crippen LogP contribution in [0.2, 0.25) is 0 Å². The van der Waals surface area contributed by atoms with Gasteiger partial charge in [0.1, 0.15) is 18.8 Å². The van der Waals surface area contributed by atoms with E-state index in [0.717, 1.165) is 51.9 Å². The Morgan fingerprint density at radius 2 is 2.30 bits per heavy atom. The number of hydrogen-bond donors (Lipinski definition) is 0. The lowest BCUT2D eigenvalue weighted by Crippen LogP contribution is -2.50. The third-order valence-electron chi connectivity index (χ3n) is 5.75. The van der Waals surface area contributed by atoms with Crippen LogP contribution in [0.15, 0.2) is 12.7 Å². The largest absolute Gasteiger partial charge is 0.368 e. The van der Waals surface area contributed by atoms with E-state index in [2.05, 4.69) is 22.0 Å². The van der Waals surface area contributed by atoms with Gasteiger partial charge in [-0.1, -0.05) is 0 Å². The molecular weight excluding hydrogens is 294 g/mol. The molecule has 7 nitrogen and oxygen atoms in total. The lowest BCUT2D eigenvalue weighted by molar-refractivity contribution is -0.143. The standard InChI is InChI=1S/C16H25N5O2/c1-19-13(9-21-11-17-10-18-21)7-12-8-20(5-4-14(12)19)16(22)15-3-2-6-23-15/h10-15H,2-9H2,1H3/t12-,13+,14+,15-/m1/s1. The second-order valence-electron chi connectivity index (χ2n) is 7.07. The summed E-state index contributed by atoms with van der Waals surface area (Å²) in [5, 5.41) is 4.22. The predicted octanol–water partition coefficient (Wildman–Crippen LogP) is 0.378. The lowest BCUT2D eigenvalue weighted by Gasteiger charge is -2.38. The van der Waals surface area contributed by atoms with Crippen LogP contribution in [0.3, 0.4) is 0 Å². The van der Waals surface area contributed by atoms with Gasteiger partial charge in [-0.2, -0.15) is 5.10 Å². The Kier molecular flexibility index (Phi) is 4.07. The van der Waals surface area contributed by atoms with Gasteiger partial charge >= 0.3 is 0 Å². The second-order valence-corrected chi connectivity index (χ2v) is 7.07. The molecule has 0 saturated carbocycles. The van der Waals surface area contributed by atoms with Crippen molar-refractivity contribution in [3.8, 4) is 0 Å². The van der Waals surface area contributed by atoms with Crippen LogP contribution >= 0.6 is 0 Å². The number of likely N-dealkylation sites (N-methyl/N-ethyl adjacent to an activating group) is 1. The van der Waals surface area contributed by atoms with Gasteiger partial charge in [0.15, 0.2) is 0 Å². The molecule has 0 aliphatic carbocycles. The first-order chi connectivity index (χ1) is 11.2. The molecule has 0 unspecified atom stereocenters. The van der Waals surface area contributed by atoms with Crippen molar-refractivity contribution in [3.63, 3.8) is 0 Å². The SMILES string of the molecule is CN1[C@H](Cn2cncn2)C[C@@H]2CN(C(=O)[C@H]3CCCO3)CC[C@@H]21. The fourth-order valence-corrected chi connectivity index (χ4v) is 4.50. The molecule has 3 fully saturated rings. The molecule has 1 aromatic heterocycles. The van der Waals surface area contributed by atoms with E-state index in [4.69, 9.17) is 4.74 Å². The van der Waals surface area contributed by atoms with Crippen LogP contribution < -0.4 is 0 Å². The van der Waals surface area contributed by atoms with Crippen molar-refractivity contribution in [1.82, 2.24) is 24.6 Å². The molecule has 0 bridgehead atoms. The number of carbonyl (C=O) groups is 1. The summed E-state index contributed by atoms with van der Waals surface area (Å²) in [6.45, 7) is 3.35. The van der Waals surface area contributed by atoms with E-state index < -0.39 is 0 Å². The van der Waals surface area contributed by atoms with Crippen LogP contribution in [0.4, 0.5) is 0 Å². The van der Waals surface area contributed by atoms with Gasteiger partial charge in [0.2, 0.25) is 0 Å². The Balaban J connectivity index is 1.38. The van der Waals surface area contributed by atoms with Gasteiger partial charge in [0.25, 0.3) is 5.91 Å². The van der Waals surface area contributed by atoms with Crippen molar-refractivity contribution < 1.29 is 9.53 Å². The fraction of sp³-hybridized carbons (Fsp3) is 0.812. The number of likely N-dealkylation sites (tertiary alicyclic amines) is 2. The minimum atomic E-state index is -0.184. The van der Waals surface area contributed by atoms with Gasteiger partial charge < -0.3 is 9.64 Å². The maximum atomic E-state index is 12.6. The average molecular weight is 319 g/mol. The Morgan fingerprint density at radius 3 is 3.04 bits per heavy atom. The summed E-state index contributed by atoms with van der Waals surface area (Å²) in [7, 11) is 2.21. The number of ether oxygens (including phenoxy) is 1. The molecule has 7 heteroatoms. The summed E-state index contributed by atoms with van der Waals surface area (Å²) in [5.74, 6) is 0.774. The van der Waals surface area contributed by atoms with Crippen molar-refractivity contribution in [2.45, 2.75) is 50.4 Å². The molecule has 1 amide bonds. The normalized spacial score (nSPS) is 34.7. The first kappa shape index (κ1) is 15.1. The van der Waals surface area contributed by atoms with Crippen LogP contribution in [0.25, 0.3) is 0 Å². The molecular formula is C16H25N5O2. The van der Waals surface area contributed by atoms with Crippen LogP contribution in [0, 0.1) is 5.92 Å². The van der Waals surface area contributed by atoms with Crippen molar-refractivity contribution in [2.75, 3.05) is 26.7 Å². The molecule has 23 heavy (non-hydrogen) atoms. The number of hydrogen-bond acceptors (Lipinski definition) is 5. The highest BCUT2D eigenvalue weighted by Crippen LogP contribution is 2.35. The summed E-state index contributed by atoms with van der Waals surface area (Å²) < 4.78 is 7.48. The van der Waals surface area contributed by atoms with Crippen molar-refractivity contribution in [2.24, 2.45) is 5.92 Å². The van der Waals surface area contributed by atoms with Crippen LogP contribution in [-0.2, 0) is 16.1 Å². The third kappa shape index (κ3) is 2.87. The first-order valence-electron chi connectivity index (χ1n) is 8.67. The number of amides is 1. The average Bonchev–Trinajstić information content (AvgIpc) is 3.30. The molecule has 126 valence electrons. The van der Waals surface area contributed by atoms with Gasteiger partial charge in [-0.15, -0.1) is 0 Å². The topological polar surface area (TPSA) is 63.5 Å². The smallest absolute Gasteiger partial charge is 0.251 e. The number of aromatic nitrogens is 3. The minimum Gasteiger partial charge on any atom is -0.368 e. The molecule has 0 N–H and O–H groups in total. The second kappa shape index (κ2) is 6.20. The van der Waals surface area contributed by atoms with Crippen LogP contribution in [0.5, 0.6) is 0 Å². The van der Waals surface area contributed by atoms with E-state index in [0.29, 0.717) is 18.0 Å². The molecule has 0 radical (unpaired) electrons. The third-order valence-corrected chi connectivity index (χ3v) is 5.75. The highest BCUT2D eigenvalue weighted by atomic mass is 16.5. The van der Waals surface area contributed by atoms with Gasteiger partial charge in [-0.3, -0.25) is 14.4 Å². The number of rotatable bonds is 3. The van der Waals surface area contributed by atoms with E-state index in [1.165, 1.54) is 0 Å². The quantitative estimate of drug-likeness (QED) is 0.806.